The third kappa shape index (κ3) is 3.91. The van der Waals surface area contributed by atoms with Gasteiger partial charge in [-0.25, -0.2) is 15.0 Å². The SMILES string of the molecule is CCc1ncnc(N2CCC3(CCN(C(C)=O)CC3)CC2)c1-c1ccc(N)nc1. The van der Waals surface area contributed by atoms with Crippen molar-refractivity contribution in [1.82, 2.24) is 19.9 Å². The minimum atomic E-state index is 0.201. The number of piperidine rings is 2. The fraction of sp³-hybridized carbons (Fsp3) is 0.545. The first-order valence-electron chi connectivity index (χ1n) is 10.6. The van der Waals surface area contributed by atoms with Gasteiger partial charge in [-0.2, -0.15) is 0 Å². The second-order valence-corrected chi connectivity index (χ2v) is 8.34. The lowest BCUT2D eigenvalue weighted by Gasteiger charge is -2.47. The molecule has 2 aromatic rings. The van der Waals surface area contributed by atoms with Crippen LogP contribution in [0.25, 0.3) is 11.1 Å². The van der Waals surface area contributed by atoms with Crippen molar-refractivity contribution in [2.45, 2.75) is 46.0 Å². The summed E-state index contributed by atoms with van der Waals surface area (Å²) in [7, 11) is 0. The number of amides is 1. The third-order valence-corrected chi connectivity index (χ3v) is 6.71. The predicted molar refractivity (Wildman–Crippen MR) is 114 cm³/mol. The van der Waals surface area contributed by atoms with E-state index in [0.717, 1.165) is 80.9 Å². The molecular formula is C22H30N6O. The highest BCUT2D eigenvalue weighted by molar-refractivity contribution is 5.78. The van der Waals surface area contributed by atoms with E-state index >= 15 is 0 Å². The normalized spacial score (nSPS) is 18.8. The summed E-state index contributed by atoms with van der Waals surface area (Å²) >= 11 is 0. The number of rotatable bonds is 3. The van der Waals surface area contributed by atoms with Crippen LogP contribution in [0.15, 0.2) is 24.7 Å². The Morgan fingerprint density at radius 1 is 1.07 bits per heavy atom. The Labute approximate surface area is 172 Å². The molecule has 2 aliphatic rings. The number of anilines is 2. The van der Waals surface area contributed by atoms with Crippen molar-refractivity contribution in [3.05, 3.63) is 30.4 Å². The molecule has 7 heteroatoms. The van der Waals surface area contributed by atoms with Crippen molar-refractivity contribution >= 4 is 17.5 Å². The van der Waals surface area contributed by atoms with Crippen LogP contribution in [0.4, 0.5) is 11.6 Å². The zero-order valence-corrected chi connectivity index (χ0v) is 17.4. The summed E-state index contributed by atoms with van der Waals surface area (Å²) in [5, 5.41) is 0. The third-order valence-electron chi connectivity index (χ3n) is 6.71. The molecule has 0 atom stereocenters. The molecule has 0 saturated carbocycles. The van der Waals surface area contributed by atoms with Crippen LogP contribution in [0.5, 0.6) is 0 Å². The fourth-order valence-electron chi connectivity index (χ4n) is 4.76. The molecule has 7 nitrogen and oxygen atoms in total. The molecule has 2 aliphatic heterocycles. The number of likely N-dealkylation sites (tertiary alicyclic amines) is 1. The van der Waals surface area contributed by atoms with Crippen molar-refractivity contribution in [3.63, 3.8) is 0 Å². The minimum Gasteiger partial charge on any atom is -0.384 e. The average Bonchev–Trinajstić information content (AvgIpc) is 2.75. The summed E-state index contributed by atoms with van der Waals surface area (Å²) in [5.41, 5.74) is 9.28. The Morgan fingerprint density at radius 2 is 1.76 bits per heavy atom. The van der Waals surface area contributed by atoms with Crippen LogP contribution in [0, 0.1) is 5.41 Å². The fourth-order valence-corrected chi connectivity index (χ4v) is 4.76. The van der Waals surface area contributed by atoms with E-state index in [9.17, 15) is 4.79 Å². The number of hydrogen-bond donors (Lipinski definition) is 1. The van der Waals surface area contributed by atoms with Gasteiger partial charge in [0.15, 0.2) is 0 Å². The van der Waals surface area contributed by atoms with Gasteiger partial charge in [0.25, 0.3) is 0 Å². The second kappa shape index (κ2) is 7.97. The van der Waals surface area contributed by atoms with Crippen LogP contribution in [-0.2, 0) is 11.2 Å². The van der Waals surface area contributed by atoms with Gasteiger partial charge in [0.1, 0.15) is 18.0 Å². The van der Waals surface area contributed by atoms with Crippen molar-refractivity contribution in [2.24, 2.45) is 5.41 Å². The zero-order chi connectivity index (χ0) is 20.4. The van der Waals surface area contributed by atoms with Gasteiger partial charge in [0.05, 0.1) is 5.69 Å². The zero-order valence-electron chi connectivity index (χ0n) is 17.4. The van der Waals surface area contributed by atoms with Crippen molar-refractivity contribution in [1.29, 1.82) is 0 Å². The van der Waals surface area contributed by atoms with Crippen molar-refractivity contribution in [3.8, 4) is 11.1 Å². The van der Waals surface area contributed by atoms with E-state index in [1.807, 2.05) is 23.2 Å². The van der Waals surface area contributed by atoms with Gasteiger partial charge in [-0.1, -0.05) is 6.92 Å². The molecule has 2 aromatic heterocycles. The highest BCUT2D eigenvalue weighted by Gasteiger charge is 2.38. The minimum absolute atomic E-state index is 0.201. The van der Waals surface area contributed by atoms with Crippen LogP contribution in [0.3, 0.4) is 0 Å². The van der Waals surface area contributed by atoms with Crippen LogP contribution in [0.2, 0.25) is 0 Å². The van der Waals surface area contributed by atoms with E-state index in [0.29, 0.717) is 11.2 Å². The van der Waals surface area contributed by atoms with E-state index in [1.54, 1.807) is 13.3 Å². The summed E-state index contributed by atoms with van der Waals surface area (Å²) in [6.07, 6.45) is 8.84. The number of nitrogens with zero attached hydrogens (tertiary/aromatic N) is 5. The van der Waals surface area contributed by atoms with Gasteiger partial charge < -0.3 is 15.5 Å². The molecule has 2 fully saturated rings. The molecule has 4 rings (SSSR count). The molecule has 1 amide bonds. The van der Waals surface area contributed by atoms with E-state index in [-0.39, 0.29) is 5.91 Å². The van der Waals surface area contributed by atoms with E-state index in [1.165, 1.54) is 0 Å². The lowest BCUT2D eigenvalue weighted by Crippen LogP contribution is -2.48. The molecule has 0 aromatic carbocycles. The Bertz CT molecular complexity index is 863. The van der Waals surface area contributed by atoms with Gasteiger partial charge in [0.2, 0.25) is 5.91 Å². The summed E-state index contributed by atoms with van der Waals surface area (Å²) < 4.78 is 0. The first kappa shape index (κ1) is 19.6. The van der Waals surface area contributed by atoms with E-state index in [2.05, 4.69) is 26.8 Å². The maximum absolute atomic E-state index is 11.7. The Kier molecular flexibility index (Phi) is 5.39. The molecule has 0 unspecified atom stereocenters. The molecule has 1 spiro atoms. The standard InChI is InChI=1S/C22H30N6O/c1-3-18-20(17-4-5-19(23)24-14-17)21(26-15-25-18)28-12-8-22(9-13-28)6-10-27(11-7-22)16(2)29/h4-5,14-15H,3,6-13H2,1-2H3,(H2,23,24). The second-order valence-electron chi connectivity index (χ2n) is 8.34. The lowest BCUT2D eigenvalue weighted by atomic mass is 9.71. The number of nitrogens with two attached hydrogens (primary N) is 1. The Hall–Kier alpha value is -2.70. The number of pyridine rings is 1. The highest BCUT2D eigenvalue weighted by atomic mass is 16.2. The van der Waals surface area contributed by atoms with Crippen LogP contribution < -0.4 is 10.6 Å². The maximum Gasteiger partial charge on any atom is 0.219 e. The Balaban J connectivity index is 1.55. The first-order valence-corrected chi connectivity index (χ1v) is 10.6. The smallest absolute Gasteiger partial charge is 0.219 e. The van der Waals surface area contributed by atoms with Crippen LogP contribution in [-0.4, -0.2) is 51.9 Å². The van der Waals surface area contributed by atoms with Crippen LogP contribution in [0.1, 0.15) is 45.2 Å². The average molecular weight is 395 g/mol. The first-order chi connectivity index (χ1) is 14.0. The summed E-state index contributed by atoms with van der Waals surface area (Å²) in [4.78, 5) is 29.5. The monoisotopic (exact) mass is 394 g/mol. The number of carbonyl (C=O) groups excluding carboxylic acids is 1. The predicted octanol–water partition coefficient (Wildman–Crippen LogP) is 2.91. The van der Waals surface area contributed by atoms with E-state index < -0.39 is 0 Å². The molecule has 0 bridgehead atoms. The van der Waals surface area contributed by atoms with Gasteiger partial charge in [-0.3, -0.25) is 4.79 Å². The topological polar surface area (TPSA) is 88.2 Å². The van der Waals surface area contributed by atoms with Crippen molar-refractivity contribution in [2.75, 3.05) is 36.8 Å². The van der Waals surface area contributed by atoms with E-state index in [4.69, 9.17) is 5.73 Å². The van der Waals surface area contributed by atoms with Gasteiger partial charge in [-0.15, -0.1) is 0 Å². The molecule has 154 valence electrons. The lowest BCUT2D eigenvalue weighted by molar-refractivity contribution is -0.131. The highest BCUT2D eigenvalue weighted by Crippen LogP contribution is 2.43. The number of nitrogen functional groups attached to an aromatic ring is 1. The number of carbonyl (C=O) groups is 1. The molecule has 2 N–H and O–H groups in total. The quantitative estimate of drug-likeness (QED) is 0.861. The molecule has 0 radical (unpaired) electrons. The van der Waals surface area contributed by atoms with Gasteiger partial charge in [0, 0.05) is 50.4 Å². The van der Waals surface area contributed by atoms with Crippen LogP contribution >= 0.6 is 0 Å². The molecule has 2 saturated heterocycles. The molecule has 29 heavy (non-hydrogen) atoms. The number of hydrogen-bond acceptors (Lipinski definition) is 6. The molecule has 4 heterocycles. The van der Waals surface area contributed by atoms with Crippen molar-refractivity contribution < 1.29 is 4.79 Å². The number of aromatic nitrogens is 3. The number of aryl methyl sites for hydroxylation is 1. The summed E-state index contributed by atoms with van der Waals surface area (Å²) in [6.45, 7) is 7.55. The van der Waals surface area contributed by atoms with Gasteiger partial charge in [-0.05, 0) is 49.7 Å². The molecule has 0 aliphatic carbocycles. The summed E-state index contributed by atoms with van der Waals surface area (Å²) in [5.74, 6) is 1.72. The molecular weight excluding hydrogens is 364 g/mol. The largest absolute Gasteiger partial charge is 0.384 e. The van der Waals surface area contributed by atoms with Gasteiger partial charge >= 0.3 is 0 Å². The maximum atomic E-state index is 11.7. The summed E-state index contributed by atoms with van der Waals surface area (Å²) in [6, 6.07) is 3.84. The Morgan fingerprint density at radius 3 is 2.34 bits per heavy atom.